The van der Waals surface area contributed by atoms with E-state index in [0.29, 0.717) is 12.1 Å². The van der Waals surface area contributed by atoms with Crippen molar-refractivity contribution in [3.05, 3.63) is 18.7 Å². The molecule has 1 saturated heterocycles. The molecule has 1 aliphatic heterocycles. The average molecular weight is 236 g/mol. The number of likely N-dealkylation sites (tertiary alicyclic amines) is 1. The van der Waals surface area contributed by atoms with Crippen LogP contribution in [0.15, 0.2) is 18.7 Å². The van der Waals surface area contributed by atoms with E-state index in [1.54, 1.807) is 12.5 Å². The summed E-state index contributed by atoms with van der Waals surface area (Å²) < 4.78 is 1.84. The minimum Gasteiger partial charge on any atom is -0.370 e. The summed E-state index contributed by atoms with van der Waals surface area (Å²) in [5.74, 6) is 0. The number of rotatable bonds is 2. The van der Waals surface area contributed by atoms with E-state index in [9.17, 15) is 5.11 Å². The molecular weight excluding hydrogens is 216 g/mol. The number of hydrogen-bond donors (Lipinski definition) is 2. The maximum atomic E-state index is 10.6. The van der Waals surface area contributed by atoms with Crippen LogP contribution in [0.2, 0.25) is 0 Å². The monoisotopic (exact) mass is 236 g/mol. The molecule has 0 bridgehead atoms. The lowest BCUT2D eigenvalue weighted by atomic mass is 9.85. The lowest BCUT2D eigenvalue weighted by Crippen LogP contribution is -2.60. The van der Waals surface area contributed by atoms with Crippen molar-refractivity contribution >= 4 is 0 Å². The van der Waals surface area contributed by atoms with Crippen molar-refractivity contribution in [2.45, 2.75) is 43.5 Å². The van der Waals surface area contributed by atoms with Gasteiger partial charge in [-0.1, -0.05) is 0 Å². The van der Waals surface area contributed by atoms with Gasteiger partial charge in [-0.05, 0) is 25.7 Å². The third-order valence-electron chi connectivity index (χ3n) is 4.20. The normalized spacial score (nSPS) is 35.8. The Kier molecular flexibility index (Phi) is 2.69. The lowest BCUT2D eigenvalue weighted by molar-refractivity contribution is -0.0914. The van der Waals surface area contributed by atoms with Crippen LogP contribution < -0.4 is 5.73 Å². The van der Waals surface area contributed by atoms with Crippen LogP contribution in [0, 0.1) is 0 Å². The van der Waals surface area contributed by atoms with Gasteiger partial charge in [-0.2, -0.15) is 0 Å². The van der Waals surface area contributed by atoms with Crippen molar-refractivity contribution in [2.75, 3.05) is 13.1 Å². The van der Waals surface area contributed by atoms with Gasteiger partial charge in [0.1, 0.15) is 5.72 Å². The Balaban J connectivity index is 1.60. The summed E-state index contributed by atoms with van der Waals surface area (Å²) in [6, 6.07) is 0.975. The van der Waals surface area contributed by atoms with Gasteiger partial charge in [-0.15, -0.1) is 0 Å². The summed E-state index contributed by atoms with van der Waals surface area (Å²) >= 11 is 0. The van der Waals surface area contributed by atoms with E-state index in [2.05, 4.69) is 9.88 Å². The molecule has 17 heavy (non-hydrogen) atoms. The largest absolute Gasteiger partial charge is 0.370 e. The van der Waals surface area contributed by atoms with Crippen LogP contribution in [0.5, 0.6) is 0 Å². The smallest absolute Gasteiger partial charge is 0.142 e. The van der Waals surface area contributed by atoms with Gasteiger partial charge in [0.05, 0.1) is 6.33 Å². The maximum Gasteiger partial charge on any atom is 0.142 e. The van der Waals surface area contributed by atoms with Crippen molar-refractivity contribution in [3.8, 4) is 0 Å². The van der Waals surface area contributed by atoms with Gasteiger partial charge in [-0.3, -0.25) is 4.90 Å². The molecule has 5 heteroatoms. The molecule has 0 spiro atoms. The van der Waals surface area contributed by atoms with Crippen molar-refractivity contribution in [3.63, 3.8) is 0 Å². The number of hydrogen-bond acceptors (Lipinski definition) is 4. The SMILES string of the molecule is NC1CN(C2CCC(O)(n3ccnc3)CC2)C1. The van der Waals surface area contributed by atoms with Gasteiger partial charge in [0, 0.05) is 37.6 Å². The molecular formula is C12H20N4O. The molecule has 1 aliphatic carbocycles. The van der Waals surface area contributed by atoms with Crippen molar-refractivity contribution in [2.24, 2.45) is 5.73 Å². The molecule has 0 aromatic carbocycles. The standard InChI is InChI=1S/C12H20N4O/c13-10-7-15(8-10)11-1-3-12(17,4-2-11)16-6-5-14-9-16/h5-6,9-11,17H,1-4,7-8,13H2. The Morgan fingerprint density at radius 1 is 1.29 bits per heavy atom. The molecule has 0 radical (unpaired) electrons. The lowest BCUT2D eigenvalue weighted by Gasteiger charge is -2.47. The number of aliphatic hydroxyl groups is 1. The summed E-state index contributed by atoms with van der Waals surface area (Å²) in [5, 5.41) is 10.6. The number of aromatic nitrogens is 2. The Hall–Kier alpha value is -0.910. The zero-order valence-electron chi connectivity index (χ0n) is 10.00. The van der Waals surface area contributed by atoms with Crippen LogP contribution in [-0.2, 0) is 5.72 Å². The molecule has 2 aliphatic rings. The van der Waals surface area contributed by atoms with Gasteiger partial charge < -0.3 is 15.4 Å². The molecule has 1 aromatic rings. The Labute approximate surface area is 101 Å². The first-order chi connectivity index (χ1) is 8.17. The fraction of sp³-hybridized carbons (Fsp3) is 0.750. The van der Waals surface area contributed by atoms with Gasteiger partial charge in [0.2, 0.25) is 0 Å². The van der Waals surface area contributed by atoms with E-state index in [1.807, 2.05) is 10.8 Å². The first-order valence-corrected chi connectivity index (χ1v) is 6.38. The van der Waals surface area contributed by atoms with Crippen LogP contribution in [0.4, 0.5) is 0 Å². The van der Waals surface area contributed by atoms with Crippen LogP contribution >= 0.6 is 0 Å². The van der Waals surface area contributed by atoms with E-state index >= 15 is 0 Å². The quantitative estimate of drug-likeness (QED) is 0.765. The third kappa shape index (κ3) is 1.99. The number of nitrogens with zero attached hydrogens (tertiary/aromatic N) is 3. The average Bonchev–Trinajstić information content (AvgIpc) is 2.80. The van der Waals surface area contributed by atoms with E-state index in [1.165, 1.54) is 0 Å². The Bertz CT molecular complexity index is 364. The molecule has 2 heterocycles. The van der Waals surface area contributed by atoms with Gasteiger partial charge in [0.25, 0.3) is 0 Å². The second-order valence-corrected chi connectivity index (χ2v) is 5.40. The maximum absolute atomic E-state index is 10.6. The van der Waals surface area contributed by atoms with Crippen molar-refractivity contribution in [1.82, 2.24) is 14.5 Å². The first kappa shape index (κ1) is 11.2. The molecule has 5 nitrogen and oxygen atoms in total. The molecule has 0 unspecified atom stereocenters. The summed E-state index contributed by atoms with van der Waals surface area (Å²) in [5.41, 5.74) is 5.08. The zero-order valence-corrected chi connectivity index (χ0v) is 10.00. The highest BCUT2D eigenvalue weighted by atomic mass is 16.3. The second-order valence-electron chi connectivity index (χ2n) is 5.40. The predicted octanol–water partition coefficient (Wildman–Crippen LogP) is 0.114. The molecule has 0 amide bonds. The molecule has 3 rings (SSSR count). The topological polar surface area (TPSA) is 67.3 Å². The van der Waals surface area contributed by atoms with E-state index < -0.39 is 5.72 Å². The van der Waals surface area contributed by atoms with Gasteiger partial charge in [-0.25, -0.2) is 4.98 Å². The van der Waals surface area contributed by atoms with E-state index in [0.717, 1.165) is 38.8 Å². The van der Waals surface area contributed by atoms with Crippen LogP contribution in [0.1, 0.15) is 25.7 Å². The van der Waals surface area contributed by atoms with Gasteiger partial charge in [0.15, 0.2) is 0 Å². The minimum absolute atomic E-state index is 0.365. The summed E-state index contributed by atoms with van der Waals surface area (Å²) in [6.45, 7) is 2.04. The van der Waals surface area contributed by atoms with E-state index in [-0.39, 0.29) is 0 Å². The van der Waals surface area contributed by atoms with Crippen LogP contribution in [0.25, 0.3) is 0 Å². The third-order valence-corrected chi connectivity index (χ3v) is 4.20. The highest BCUT2D eigenvalue weighted by molar-refractivity contribution is 4.94. The van der Waals surface area contributed by atoms with Crippen molar-refractivity contribution < 1.29 is 5.11 Å². The van der Waals surface area contributed by atoms with Crippen molar-refractivity contribution in [1.29, 1.82) is 0 Å². The highest BCUT2D eigenvalue weighted by Gasteiger charge is 2.39. The molecule has 0 atom stereocenters. The van der Waals surface area contributed by atoms with Crippen LogP contribution in [0.3, 0.4) is 0 Å². The first-order valence-electron chi connectivity index (χ1n) is 6.38. The minimum atomic E-state index is -0.722. The zero-order chi connectivity index (χ0) is 11.9. The summed E-state index contributed by atoms with van der Waals surface area (Å²) in [4.78, 5) is 6.45. The van der Waals surface area contributed by atoms with Crippen LogP contribution in [-0.4, -0.2) is 44.7 Å². The second kappa shape index (κ2) is 4.08. The number of nitrogens with two attached hydrogens (primary N) is 1. The van der Waals surface area contributed by atoms with E-state index in [4.69, 9.17) is 5.73 Å². The summed E-state index contributed by atoms with van der Waals surface area (Å²) in [7, 11) is 0. The number of imidazole rings is 1. The predicted molar refractivity (Wildman–Crippen MR) is 64.2 cm³/mol. The Morgan fingerprint density at radius 2 is 2.00 bits per heavy atom. The fourth-order valence-corrected chi connectivity index (χ4v) is 3.04. The molecule has 1 saturated carbocycles. The van der Waals surface area contributed by atoms with Gasteiger partial charge >= 0.3 is 0 Å². The molecule has 2 fully saturated rings. The molecule has 1 aromatic heterocycles. The Morgan fingerprint density at radius 3 is 2.53 bits per heavy atom. The fourth-order valence-electron chi connectivity index (χ4n) is 3.04. The molecule has 94 valence electrons. The highest BCUT2D eigenvalue weighted by Crippen LogP contribution is 2.35. The summed E-state index contributed by atoms with van der Waals surface area (Å²) in [6.07, 6.45) is 8.97. The molecule has 3 N–H and O–H groups in total.